The van der Waals surface area contributed by atoms with E-state index in [4.69, 9.17) is 0 Å². The summed E-state index contributed by atoms with van der Waals surface area (Å²) in [6.07, 6.45) is 6.44. The number of nitrogens with one attached hydrogen (secondary N) is 1. The van der Waals surface area contributed by atoms with Gasteiger partial charge < -0.3 is 10.2 Å². The van der Waals surface area contributed by atoms with Crippen LogP contribution in [0, 0.1) is 0 Å². The monoisotopic (exact) mass is 274 g/mol. The van der Waals surface area contributed by atoms with Gasteiger partial charge >= 0.3 is 0 Å². The Morgan fingerprint density at radius 2 is 2.05 bits per heavy atom. The van der Waals surface area contributed by atoms with Crippen LogP contribution in [-0.2, 0) is 6.42 Å². The lowest BCUT2D eigenvalue weighted by Gasteiger charge is -2.26. The summed E-state index contributed by atoms with van der Waals surface area (Å²) >= 11 is 0. The highest BCUT2D eigenvalue weighted by Gasteiger charge is 2.18. The van der Waals surface area contributed by atoms with Crippen LogP contribution < -0.4 is 5.32 Å². The molecule has 1 atom stereocenters. The summed E-state index contributed by atoms with van der Waals surface area (Å²) in [5.74, 6) is 0. The van der Waals surface area contributed by atoms with E-state index in [2.05, 4.69) is 55.4 Å². The Labute approximate surface area is 124 Å². The van der Waals surface area contributed by atoms with Crippen LogP contribution >= 0.6 is 0 Å². The van der Waals surface area contributed by atoms with Gasteiger partial charge in [0.1, 0.15) is 0 Å². The quantitative estimate of drug-likeness (QED) is 0.761. The standard InChI is InChI=1S/C18H30N2/c1-15(2)20(3)14-7-6-13-19-18-12-8-10-16-9-4-5-11-17(16)18/h4-5,9,11,15,18-19H,6-8,10,12-14H2,1-3H3. The maximum absolute atomic E-state index is 3.76. The van der Waals surface area contributed by atoms with E-state index < -0.39 is 0 Å². The van der Waals surface area contributed by atoms with E-state index in [0.29, 0.717) is 12.1 Å². The van der Waals surface area contributed by atoms with Gasteiger partial charge in [-0.05, 0) is 77.2 Å². The summed E-state index contributed by atoms with van der Waals surface area (Å²) in [6.45, 7) is 6.87. The summed E-state index contributed by atoms with van der Waals surface area (Å²) in [4.78, 5) is 2.43. The van der Waals surface area contributed by atoms with Crippen molar-refractivity contribution in [3.63, 3.8) is 0 Å². The highest BCUT2D eigenvalue weighted by Crippen LogP contribution is 2.29. The Bertz CT molecular complexity index is 400. The number of benzene rings is 1. The van der Waals surface area contributed by atoms with Gasteiger partial charge in [-0.25, -0.2) is 0 Å². The summed E-state index contributed by atoms with van der Waals surface area (Å²) in [5, 5.41) is 3.76. The maximum atomic E-state index is 3.76. The van der Waals surface area contributed by atoms with E-state index in [1.165, 1.54) is 44.2 Å². The molecule has 2 rings (SSSR count). The van der Waals surface area contributed by atoms with Crippen molar-refractivity contribution in [2.45, 2.75) is 58.0 Å². The predicted molar refractivity (Wildman–Crippen MR) is 87.1 cm³/mol. The Hall–Kier alpha value is -0.860. The first-order chi connectivity index (χ1) is 9.68. The highest BCUT2D eigenvalue weighted by molar-refractivity contribution is 5.32. The first-order valence-corrected chi connectivity index (χ1v) is 8.20. The van der Waals surface area contributed by atoms with Crippen molar-refractivity contribution >= 4 is 0 Å². The molecule has 0 aromatic heterocycles. The average molecular weight is 274 g/mol. The number of nitrogens with zero attached hydrogens (tertiary/aromatic N) is 1. The van der Waals surface area contributed by atoms with E-state index in [9.17, 15) is 0 Å². The van der Waals surface area contributed by atoms with Gasteiger partial charge in [-0.2, -0.15) is 0 Å². The molecule has 1 aliphatic carbocycles. The van der Waals surface area contributed by atoms with Crippen molar-refractivity contribution in [3.05, 3.63) is 35.4 Å². The molecule has 0 saturated heterocycles. The van der Waals surface area contributed by atoms with Crippen LogP contribution in [0.4, 0.5) is 0 Å². The SMILES string of the molecule is CC(C)N(C)CCCCNC1CCCc2ccccc21. The van der Waals surface area contributed by atoms with E-state index in [-0.39, 0.29) is 0 Å². The van der Waals surface area contributed by atoms with Crippen LogP contribution in [0.25, 0.3) is 0 Å². The second-order valence-corrected chi connectivity index (χ2v) is 6.38. The molecule has 0 aliphatic heterocycles. The minimum absolute atomic E-state index is 0.586. The minimum atomic E-state index is 0.586. The van der Waals surface area contributed by atoms with Gasteiger partial charge in [0.15, 0.2) is 0 Å². The van der Waals surface area contributed by atoms with Crippen molar-refractivity contribution in [2.75, 3.05) is 20.1 Å². The van der Waals surface area contributed by atoms with Gasteiger partial charge in [-0.15, -0.1) is 0 Å². The summed E-state index contributed by atoms with van der Waals surface area (Å²) in [6, 6.07) is 10.2. The molecule has 1 aromatic carbocycles. The normalized spacial score (nSPS) is 18.6. The first-order valence-electron chi connectivity index (χ1n) is 8.20. The minimum Gasteiger partial charge on any atom is -0.310 e. The molecule has 1 unspecified atom stereocenters. The number of fused-ring (bicyclic) bond motifs is 1. The maximum Gasteiger partial charge on any atom is 0.0323 e. The third kappa shape index (κ3) is 4.32. The van der Waals surface area contributed by atoms with Crippen LogP contribution in [0.15, 0.2) is 24.3 Å². The Balaban J connectivity index is 1.70. The van der Waals surface area contributed by atoms with Gasteiger partial charge in [0.2, 0.25) is 0 Å². The molecule has 0 spiro atoms. The average Bonchev–Trinajstić information content (AvgIpc) is 2.46. The van der Waals surface area contributed by atoms with Crippen LogP contribution in [0.3, 0.4) is 0 Å². The molecular formula is C18H30N2. The largest absolute Gasteiger partial charge is 0.310 e. The highest BCUT2D eigenvalue weighted by atomic mass is 15.1. The van der Waals surface area contributed by atoms with Crippen LogP contribution in [-0.4, -0.2) is 31.1 Å². The lowest BCUT2D eigenvalue weighted by molar-refractivity contribution is 0.267. The number of aryl methyl sites for hydroxylation is 1. The molecule has 0 fully saturated rings. The van der Waals surface area contributed by atoms with Crippen LogP contribution in [0.5, 0.6) is 0 Å². The first kappa shape index (κ1) is 15.5. The summed E-state index contributed by atoms with van der Waals surface area (Å²) < 4.78 is 0. The topological polar surface area (TPSA) is 15.3 Å². The molecular weight excluding hydrogens is 244 g/mol. The number of unbranched alkanes of at least 4 members (excludes halogenated alkanes) is 1. The zero-order chi connectivity index (χ0) is 14.4. The number of rotatable bonds is 7. The van der Waals surface area contributed by atoms with Crippen molar-refractivity contribution in [1.82, 2.24) is 10.2 Å². The molecule has 0 bridgehead atoms. The van der Waals surface area contributed by atoms with Crippen molar-refractivity contribution in [3.8, 4) is 0 Å². The molecule has 1 aliphatic rings. The lowest BCUT2D eigenvalue weighted by Crippen LogP contribution is -2.29. The number of hydrogen-bond donors (Lipinski definition) is 1. The molecule has 1 aromatic rings. The fourth-order valence-corrected chi connectivity index (χ4v) is 2.99. The second-order valence-electron chi connectivity index (χ2n) is 6.38. The van der Waals surface area contributed by atoms with Crippen LogP contribution in [0.2, 0.25) is 0 Å². The van der Waals surface area contributed by atoms with Crippen molar-refractivity contribution < 1.29 is 0 Å². The Morgan fingerprint density at radius 3 is 2.85 bits per heavy atom. The molecule has 1 N–H and O–H groups in total. The predicted octanol–water partition coefficient (Wildman–Crippen LogP) is 3.77. The number of hydrogen-bond acceptors (Lipinski definition) is 2. The Kier molecular flexibility index (Phi) is 6.06. The Morgan fingerprint density at radius 1 is 1.25 bits per heavy atom. The zero-order valence-corrected chi connectivity index (χ0v) is 13.4. The van der Waals surface area contributed by atoms with Gasteiger partial charge in [-0.3, -0.25) is 0 Å². The molecule has 2 heteroatoms. The molecule has 0 saturated carbocycles. The summed E-state index contributed by atoms with van der Waals surface area (Å²) in [7, 11) is 2.22. The van der Waals surface area contributed by atoms with Gasteiger partial charge in [-0.1, -0.05) is 24.3 Å². The van der Waals surface area contributed by atoms with E-state index >= 15 is 0 Å². The lowest BCUT2D eigenvalue weighted by atomic mass is 9.88. The van der Waals surface area contributed by atoms with Crippen molar-refractivity contribution in [2.24, 2.45) is 0 Å². The molecule has 2 nitrogen and oxygen atoms in total. The van der Waals surface area contributed by atoms with E-state index in [0.717, 1.165) is 6.54 Å². The second kappa shape index (κ2) is 7.80. The van der Waals surface area contributed by atoms with Gasteiger partial charge in [0.05, 0.1) is 0 Å². The van der Waals surface area contributed by atoms with E-state index in [1.807, 2.05) is 0 Å². The molecule has 112 valence electrons. The molecule has 0 heterocycles. The summed E-state index contributed by atoms with van der Waals surface area (Å²) in [5.41, 5.74) is 3.09. The molecule has 20 heavy (non-hydrogen) atoms. The fourth-order valence-electron chi connectivity index (χ4n) is 2.99. The third-order valence-electron chi connectivity index (χ3n) is 4.58. The zero-order valence-electron chi connectivity index (χ0n) is 13.4. The third-order valence-corrected chi connectivity index (χ3v) is 4.58. The van der Waals surface area contributed by atoms with Gasteiger partial charge in [0, 0.05) is 12.1 Å². The fraction of sp³-hybridized carbons (Fsp3) is 0.667. The molecule has 0 radical (unpaired) electrons. The van der Waals surface area contributed by atoms with Crippen molar-refractivity contribution in [1.29, 1.82) is 0 Å². The van der Waals surface area contributed by atoms with Gasteiger partial charge in [0.25, 0.3) is 0 Å². The van der Waals surface area contributed by atoms with E-state index in [1.54, 1.807) is 5.56 Å². The molecule has 0 amide bonds. The van der Waals surface area contributed by atoms with Crippen LogP contribution in [0.1, 0.15) is 56.7 Å². The smallest absolute Gasteiger partial charge is 0.0323 e.